The average Bonchev–Trinajstić information content (AvgIpc) is 2.82. The van der Waals surface area contributed by atoms with Crippen LogP contribution in [0.2, 0.25) is 5.02 Å². The number of hydrogen-bond donors (Lipinski definition) is 1. The molecular weight excluding hydrogens is 342 g/mol. The van der Waals surface area contributed by atoms with Gasteiger partial charge in [0.15, 0.2) is 5.58 Å². The Morgan fingerprint density at radius 3 is 2.80 bits per heavy atom. The van der Waals surface area contributed by atoms with E-state index in [-0.39, 0.29) is 5.75 Å². The minimum absolute atomic E-state index is 0.207. The smallest absolute Gasteiger partial charge is 0.220 e. The van der Waals surface area contributed by atoms with Crippen LogP contribution in [0.25, 0.3) is 23.3 Å². The number of rotatable bonds is 2. The second-order valence-electron chi connectivity index (χ2n) is 4.21. The van der Waals surface area contributed by atoms with E-state index in [9.17, 15) is 5.11 Å². The van der Waals surface area contributed by atoms with Gasteiger partial charge in [0.1, 0.15) is 11.3 Å². The summed E-state index contributed by atoms with van der Waals surface area (Å²) in [4.78, 5) is 4.33. The van der Waals surface area contributed by atoms with Crippen molar-refractivity contribution in [1.29, 1.82) is 0 Å². The van der Waals surface area contributed by atoms with Gasteiger partial charge in [0, 0.05) is 11.1 Å². The predicted octanol–water partition coefficient (Wildman–Crippen LogP) is 5.12. The zero-order valence-corrected chi connectivity index (χ0v) is 12.5. The maximum Gasteiger partial charge on any atom is 0.220 e. The highest BCUT2D eigenvalue weighted by Gasteiger charge is 2.03. The molecule has 3 nitrogen and oxygen atoms in total. The number of phenols is 1. The van der Waals surface area contributed by atoms with Crippen LogP contribution in [0.5, 0.6) is 5.75 Å². The number of oxazole rings is 1. The fourth-order valence-corrected chi connectivity index (χ4v) is 2.35. The van der Waals surface area contributed by atoms with Crippen LogP contribution in [0.15, 0.2) is 45.3 Å². The van der Waals surface area contributed by atoms with Crippen LogP contribution in [0.3, 0.4) is 0 Å². The third-order valence-corrected chi connectivity index (χ3v) is 3.63. The first-order valence-corrected chi connectivity index (χ1v) is 7.01. The number of fused-ring (bicyclic) bond motifs is 1. The van der Waals surface area contributed by atoms with Crippen LogP contribution in [0, 0.1) is 0 Å². The Hall–Kier alpha value is -1.78. The Kier molecular flexibility index (Phi) is 3.51. The lowest BCUT2D eigenvalue weighted by atomic mass is 10.2. The second-order valence-corrected chi connectivity index (χ2v) is 5.50. The fourth-order valence-electron chi connectivity index (χ4n) is 1.78. The second kappa shape index (κ2) is 5.31. The van der Waals surface area contributed by atoms with Gasteiger partial charge in [0.25, 0.3) is 0 Å². The molecule has 0 fully saturated rings. The van der Waals surface area contributed by atoms with E-state index in [2.05, 4.69) is 20.9 Å². The molecule has 100 valence electrons. The van der Waals surface area contributed by atoms with Gasteiger partial charge in [-0.25, -0.2) is 4.98 Å². The monoisotopic (exact) mass is 349 g/mol. The van der Waals surface area contributed by atoms with E-state index in [0.29, 0.717) is 21.0 Å². The molecule has 3 aromatic rings. The third-order valence-electron chi connectivity index (χ3n) is 2.76. The van der Waals surface area contributed by atoms with E-state index in [1.54, 1.807) is 36.4 Å². The quantitative estimate of drug-likeness (QED) is 0.698. The van der Waals surface area contributed by atoms with Gasteiger partial charge in [0.2, 0.25) is 5.89 Å². The van der Waals surface area contributed by atoms with Crippen molar-refractivity contribution < 1.29 is 9.52 Å². The van der Waals surface area contributed by atoms with Gasteiger partial charge in [-0.3, -0.25) is 0 Å². The largest absolute Gasteiger partial charge is 0.507 e. The van der Waals surface area contributed by atoms with Crippen molar-refractivity contribution in [2.45, 2.75) is 0 Å². The molecule has 1 N–H and O–H groups in total. The van der Waals surface area contributed by atoms with Gasteiger partial charge >= 0.3 is 0 Å². The molecule has 0 atom stereocenters. The van der Waals surface area contributed by atoms with Gasteiger partial charge in [-0.2, -0.15) is 0 Å². The Morgan fingerprint density at radius 1 is 1.15 bits per heavy atom. The zero-order valence-electron chi connectivity index (χ0n) is 10.2. The molecular formula is C15H9BrClNO2. The van der Waals surface area contributed by atoms with Crippen molar-refractivity contribution in [3.8, 4) is 5.75 Å². The molecule has 5 heteroatoms. The minimum atomic E-state index is 0.207. The van der Waals surface area contributed by atoms with E-state index in [4.69, 9.17) is 16.0 Å². The van der Waals surface area contributed by atoms with E-state index in [1.165, 1.54) is 0 Å². The third kappa shape index (κ3) is 2.71. The van der Waals surface area contributed by atoms with Crippen molar-refractivity contribution in [2.24, 2.45) is 0 Å². The maximum absolute atomic E-state index is 9.44. The molecule has 0 aliphatic rings. The van der Waals surface area contributed by atoms with Crippen molar-refractivity contribution in [2.75, 3.05) is 0 Å². The van der Waals surface area contributed by atoms with Crippen LogP contribution in [0.4, 0.5) is 0 Å². The Labute approximate surface area is 128 Å². The van der Waals surface area contributed by atoms with Crippen molar-refractivity contribution in [3.63, 3.8) is 0 Å². The van der Waals surface area contributed by atoms with Crippen LogP contribution in [-0.2, 0) is 0 Å². The van der Waals surface area contributed by atoms with E-state index < -0.39 is 0 Å². The summed E-state index contributed by atoms with van der Waals surface area (Å²) in [6.45, 7) is 0. The number of hydrogen-bond acceptors (Lipinski definition) is 3. The normalized spacial score (nSPS) is 11.5. The molecule has 3 rings (SSSR count). The zero-order chi connectivity index (χ0) is 14.1. The molecule has 1 aromatic heterocycles. The van der Waals surface area contributed by atoms with Gasteiger partial charge in [-0.1, -0.05) is 17.7 Å². The molecule has 1 heterocycles. The molecule has 0 radical (unpaired) electrons. The number of phenolic OH excluding ortho intramolecular Hbond substituents is 1. The summed E-state index contributed by atoms with van der Waals surface area (Å²) in [6, 6.07) is 10.5. The predicted molar refractivity (Wildman–Crippen MR) is 83.8 cm³/mol. The van der Waals surface area contributed by atoms with E-state index >= 15 is 0 Å². The highest BCUT2D eigenvalue weighted by Crippen LogP contribution is 2.25. The molecule has 0 amide bonds. The highest BCUT2D eigenvalue weighted by atomic mass is 79.9. The average molecular weight is 351 g/mol. The summed E-state index contributed by atoms with van der Waals surface area (Å²) in [5.41, 5.74) is 2.35. The summed E-state index contributed by atoms with van der Waals surface area (Å²) >= 11 is 9.18. The number of nitrogens with zero attached hydrogens (tertiary/aromatic N) is 1. The summed E-state index contributed by atoms with van der Waals surface area (Å²) in [6.07, 6.45) is 3.63. The summed E-state index contributed by atoms with van der Waals surface area (Å²) in [7, 11) is 0. The lowest BCUT2D eigenvalue weighted by Gasteiger charge is -1.97. The minimum Gasteiger partial charge on any atom is -0.507 e. The van der Waals surface area contributed by atoms with E-state index in [0.717, 1.165) is 11.1 Å². The fraction of sp³-hybridized carbons (Fsp3) is 0. The molecule has 0 spiro atoms. The van der Waals surface area contributed by atoms with Gasteiger partial charge < -0.3 is 9.52 Å². The molecule has 0 bridgehead atoms. The first kappa shape index (κ1) is 13.2. The Balaban J connectivity index is 1.91. The van der Waals surface area contributed by atoms with E-state index in [1.807, 2.05) is 12.1 Å². The molecule has 0 saturated heterocycles. The van der Waals surface area contributed by atoms with Crippen molar-refractivity contribution in [1.82, 2.24) is 4.98 Å². The molecule has 0 saturated carbocycles. The topological polar surface area (TPSA) is 46.3 Å². The standard InChI is InChI=1S/C15H9BrClNO2/c16-11-7-9(1-4-13(11)19)2-6-15-18-12-8-10(17)3-5-14(12)20-15/h1-8,19H/b6-2+. The summed E-state index contributed by atoms with van der Waals surface area (Å²) < 4.78 is 6.22. The molecule has 20 heavy (non-hydrogen) atoms. The molecule has 0 unspecified atom stereocenters. The van der Waals surface area contributed by atoms with Crippen molar-refractivity contribution in [3.05, 3.63) is 57.3 Å². The first-order valence-electron chi connectivity index (χ1n) is 5.84. The number of halogens is 2. The highest BCUT2D eigenvalue weighted by molar-refractivity contribution is 9.10. The lowest BCUT2D eigenvalue weighted by Crippen LogP contribution is -1.74. The van der Waals surface area contributed by atoms with Gasteiger partial charge in [-0.05, 0) is 57.9 Å². The lowest BCUT2D eigenvalue weighted by molar-refractivity contribution is 0.472. The van der Waals surface area contributed by atoms with Gasteiger partial charge in [0.05, 0.1) is 4.47 Å². The molecule has 0 aliphatic carbocycles. The first-order chi connectivity index (χ1) is 9.61. The number of benzene rings is 2. The molecule has 2 aromatic carbocycles. The van der Waals surface area contributed by atoms with Crippen LogP contribution in [-0.4, -0.2) is 10.1 Å². The van der Waals surface area contributed by atoms with Crippen LogP contribution >= 0.6 is 27.5 Å². The van der Waals surface area contributed by atoms with Gasteiger partial charge in [-0.15, -0.1) is 0 Å². The SMILES string of the molecule is Oc1ccc(/C=C/c2nc3cc(Cl)ccc3o2)cc1Br. The van der Waals surface area contributed by atoms with Crippen LogP contribution in [0.1, 0.15) is 11.5 Å². The van der Waals surface area contributed by atoms with Crippen LogP contribution < -0.4 is 0 Å². The number of aromatic nitrogens is 1. The Morgan fingerprint density at radius 2 is 2.00 bits per heavy atom. The molecule has 0 aliphatic heterocycles. The van der Waals surface area contributed by atoms with Crippen molar-refractivity contribution >= 4 is 50.8 Å². The maximum atomic E-state index is 9.44. The summed E-state index contributed by atoms with van der Waals surface area (Å²) in [5, 5.41) is 10.1. The number of aromatic hydroxyl groups is 1. The summed E-state index contributed by atoms with van der Waals surface area (Å²) in [5.74, 6) is 0.713. The Bertz CT molecular complexity index is 811.